The van der Waals surface area contributed by atoms with Gasteiger partial charge in [-0.1, -0.05) is 54.6 Å². The second kappa shape index (κ2) is 6.56. The maximum absolute atomic E-state index is 11.1. The number of fused-ring (bicyclic) bond motifs is 2. The lowest BCUT2D eigenvalue weighted by Crippen LogP contribution is -2.23. The summed E-state index contributed by atoms with van der Waals surface area (Å²) in [6, 6.07) is 21.0. The molecule has 0 aliphatic carbocycles. The van der Waals surface area contributed by atoms with Gasteiger partial charge in [0.2, 0.25) is 0 Å². The van der Waals surface area contributed by atoms with Crippen molar-refractivity contribution in [2.24, 2.45) is 9.98 Å². The van der Waals surface area contributed by atoms with Gasteiger partial charge in [0, 0.05) is 10.8 Å². The van der Waals surface area contributed by atoms with E-state index < -0.39 is 16.8 Å². The summed E-state index contributed by atoms with van der Waals surface area (Å²) >= 11 is 0. The highest BCUT2D eigenvalue weighted by Gasteiger charge is 2.28. The smallest absolute Gasteiger partial charge is 0.167 e. The highest BCUT2D eigenvalue weighted by Crippen LogP contribution is 2.52. The van der Waals surface area contributed by atoms with Crippen LogP contribution in [-0.4, -0.2) is 36.7 Å². The summed E-state index contributed by atoms with van der Waals surface area (Å²) < 4.78 is 24.0. The van der Waals surface area contributed by atoms with Crippen LogP contribution in [0.2, 0.25) is 0 Å². The molecule has 1 atom stereocenters. The fraction of sp³-hybridized carbons (Fsp3) is 0.0952. The molecule has 0 bridgehead atoms. The monoisotopic (exact) mass is 390 g/mol. The van der Waals surface area contributed by atoms with Crippen molar-refractivity contribution in [1.29, 1.82) is 0 Å². The first-order valence-corrected chi connectivity index (χ1v) is 10.5. The first-order chi connectivity index (χ1) is 13.6. The van der Waals surface area contributed by atoms with Crippen LogP contribution in [0.1, 0.15) is 6.17 Å². The van der Waals surface area contributed by atoms with Crippen LogP contribution >= 0.6 is 10.6 Å². The fourth-order valence-electron chi connectivity index (χ4n) is 3.51. The van der Waals surface area contributed by atoms with Gasteiger partial charge in [0.15, 0.2) is 11.2 Å². The number of aromatic nitrogens is 2. The Bertz CT molecular complexity index is 1240. The Morgan fingerprint density at radius 3 is 2.54 bits per heavy atom. The normalized spacial score (nSPS) is 17.8. The molecule has 4 aromatic rings. The first-order valence-electron chi connectivity index (χ1n) is 8.90. The molecule has 0 radical (unpaired) electrons. The molecule has 5 rings (SSSR count). The van der Waals surface area contributed by atoms with E-state index in [0.29, 0.717) is 11.4 Å². The van der Waals surface area contributed by atoms with Crippen LogP contribution < -0.4 is 0 Å². The molecule has 0 saturated carbocycles. The molecule has 0 fully saturated rings. The minimum absolute atomic E-state index is 0.180. The first kappa shape index (κ1) is 17.1. The molecule has 1 aliphatic rings. The lowest BCUT2D eigenvalue weighted by molar-refractivity contribution is 0.488. The van der Waals surface area contributed by atoms with Gasteiger partial charge < -0.3 is 0 Å². The third-order valence-corrected chi connectivity index (χ3v) is 6.65. The highest BCUT2D eigenvalue weighted by atomic mass is 32.3. The van der Waals surface area contributed by atoms with Crippen molar-refractivity contribution in [1.82, 2.24) is 9.78 Å². The van der Waals surface area contributed by atoms with Crippen molar-refractivity contribution in [2.75, 3.05) is 6.54 Å². The van der Waals surface area contributed by atoms with Crippen LogP contribution in [0.4, 0.5) is 0 Å². The SMILES string of the molecule is OS(O)(C1=NC(n2ncc3ccccc32)CN=C1)c1cccc2ccccc12. The van der Waals surface area contributed by atoms with Crippen LogP contribution in [0.5, 0.6) is 0 Å². The quantitative estimate of drug-likeness (QED) is 0.506. The molecule has 1 aliphatic heterocycles. The van der Waals surface area contributed by atoms with Gasteiger partial charge in [-0.05, 0) is 17.5 Å². The van der Waals surface area contributed by atoms with E-state index in [1.54, 1.807) is 16.9 Å². The summed E-state index contributed by atoms with van der Waals surface area (Å²) in [6.07, 6.45) is 2.84. The zero-order valence-corrected chi connectivity index (χ0v) is 15.7. The second-order valence-electron chi connectivity index (χ2n) is 6.62. The molecule has 2 N–H and O–H groups in total. The minimum atomic E-state index is -3.31. The topological polar surface area (TPSA) is 83.0 Å². The molecule has 1 aromatic heterocycles. The van der Waals surface area contributed by atoms with E-state index in [0.717, 1.165) is 21.7 Å². The number of hydrogen-bond acceptors (Lipinski definition) is 5. The maximum Gasteiger partial charge on any atom is 0.167 e. The number of para-hydroxylation sites is 1. The second-order valence-corrected chi connectivity index (χ2v) is 8.57. The van der Waals surface area contributed by atoms with Gasteiger partial charge in [0.25, 0.3) is 0 Å². The van der Waals surface area contributed by atoms with Crippen molar-refractivity contribution < 1.29 is 9.11 Å². The summed E-state index contributed by atoms with van der Waals surface area (Å²) in [4.78, 5) is 9.45. The average Bonchev–Trinajstić information content (AvgIpc) is 3.17. The predicted octanol–water partition coefficient (Wildman–Crippen LogP) is 4.98. The third kappa shape index (κ3) is 2.72. The van der Waals surface area contributed by atoms with Crippen LogP contribution in [0.15, 0.2) is 87.8 Å². The van der Waals surface area contributed by atoms with Crippen molar-refractivity contribution in [3.05, 3.63) is 72.9 Å². The molecule has 28 heavy (non-hydrogen) atoms. The lowest BCUT2D eigenvalue weighted by atomic mass is 10.1. The molecule has 2 heterocycles. The number of benzene rings is 3. The van der Waals surface area contributed by atoms with E-state index in [1.807, 2.05) is 60.7 Å². The van der Waals surface area contributed by atoms with Gasteiger partial charge in [0.1, 0.15) is 0 Å². The van der Waals surface area contributed by atoms with Crippen LogP contribution in [0.3, 0.4) is 0 Å². The molecule has 1 unspecified atom stereocenters. The lowest BCUT2D eigenvalue weighted by Gasteiger charge is -2.34. The number of nitrogens with zero attached hydrogens (tertiary/aromatic N) is 4. The number of rotatable bonds is 2. The Labute approximate surface area is 163 Å². The summed E-state index contributed by atoms with van der Waals surface area (Å²) in [7, 11) is -3.31. The number of hydrogen-bond donors (Lipinski definition) is 2. The van der Waals surface area contributed by atoms with Gasteiger partial charge in [-0.15, -0.1) is 10.6 Å². The van der Waals surface area contributed by atoms with E-state index >= 15 is 0 Å². The van der Waals surface area contributed by atoms with E-state index in [1.165, 1.54) is 6.21 Å². The zero-order valence-electron chi connectivity index (χ0n) is 14.9. The van der Waals surface area contributed by atoms with Gasteiger partial charge in [0.05, 0.1) is 29.4 Å². The molecule has 0 spiro atoms. The van der Waals surface area contributed by atoms with Crippen molar-refractivity contribution in [3.63, 3.8) is 0 Å². The van der Waals surface area contributed by atoms with Gasteiger partial charge in [-0.25, -0.2) is 9.67 Å². The van der Waals surface area contributed by atoms with Crippen molar-refractivity contribution in [2.45, 2.75) is 11.1 Å². The van der Waals surface area contributed by atoms with E-state index in [4.69, 9.17) is 0 Å². The molecule has 6 nitrogen and oxygen atoms in total. The Kier molecular flexibility index (Phi) is 4.01. The third-order valence-electron chi connectivity index (χ3n) is 4.88. The van der Waals surface area contributed by atoms with Crippen molar-refractivity contribution >= 4 is 43.5 Å². The van der Waals surface area contributed by atoms with E-state index in [2.05, 4.69) is 15.1 Å². The summed E-state index contributed by atoms with van der Waals surface area (Å²) in [5.74, 6) is 0. The molecular formula is C21H18N4O2S. The van der Waals surface area contributed by atoms with Gasteiger partial charge in [-0.2, -0.15) is 5.10 Å². The van der Waals surface area contributed by atoms with E-state index in [9.17, 15) is 9.11 Å². The van der Waals surface area contributed by atoms with Crippen molar-refractivity contribution in [3.8, 4) is 0 Å². The maximum atomic E-state index is 11.1. The summed E-state index contributed by atoms with van der Waals surface area (Å²) in [6.45, 7) is 0.403. The van der Waals surface area contributed by atoms with Gasteiger partial charge in [-0.3, -0.25) is 14.1 Å². The van der Waals surface area contributed by atoms with Crippen LogP contribution in [0, 0.1) is 0 Å². The van der Waals surface area contributed by atoms with Crippen LogP contribution in [-0.2, 0) is 0 Å². The van der Waals surface area contributed by atoms with E-state index in [-0.39, 0.29) is 5.04 Å². The summed E-state index contributed by atoms with van der Waals surface area (Å²) in [5, 5.41) is 7.37. The van der Waals surface area contributed by atoms with Gasteiger partial charge >= 0.3 is 0 Å². The average molecular weight is 390 g/mol. The molecular weight excluding hydrogens is 372 g/mol. The fourth-order valence-corrected chi connectivity index (χ4v) is 4.99. The minimum Gasteiger partial charge on any atom is -0.289 e. The zero-order chi connectivity index (χ0) is 19.1. The van der Waals surface area contributed by atoms with Crippen LogP contribution in [0.25, 0.3) is 21.7 Å². The standard InChI is InChI=1S/C21H18N4O2S/c26-28(27,19-11-5-8-15-6-1-3-9-17(15)19)21-14-22-13-20(24-21)25-18-10-4-2-7-16(18)12-23-25/h1-12,14,20,26-27H,13H2. The molecule has 140 valence electrons. The Morgan fingerprint density at radius 1 is 0.893 bits per heavy atom. The molecule has 3 aromatic carbocycles. The molecule has 0 amide bonds. The highest BCUT2D eigenvalue weighted by molar-refractivity contribution is 8.38. The number of aliphatic imine (C=N–C) groups is 2. The molecule has 7 heteroatoms. The largest absolute Gasteiger partial charge is 0.289 e. The Hall–Kier alpha value is -3.00. The predicted molar refractivity (Wildman–Crippen MR) is 115 cm³/mol. The molecule has 0 saturated heterocycles. The summed E-state index contributed by atoms with van der Waals surface area (Å²) in [5.41, 5.74) is 0.939. The Balaban J connectivity index is 1.60. The Morgan fingerprint density at radius 2 is 1.64 bits per heavy atom.